The fourth-order valence-corrected chi connectivity index (χ4v) is 5.67. The van der Waals surface area contributed by atoms with Gasteiger partial charge in [0.25, 0.3) is 5.56 Å². The summed E-state index contributed by atoms with van der Waals surface area (Å²) in [5.74, 6) is 2.39. The van der Waals surface area contributed by atoms with Gasteiger partial charge in [-0.05, 0) is 66.6 Å². The van der Waals surface area contributed by atoms with Crippen LogP contribution in [-0.2, 0) is 19.4 Å². The van der Waals surface area contributed by atoms with Gasteiger partial charge in [0.1, 0.15) is 17.3 Å². The standard InChI is InChI=1S/C25H23ClN2O3S/c1-14-3-9-18-21(11-14)32-25-22(18)24(29)27-23(28-25)16-6-10-19(20(12-16)30-2)31-13-15-4-7-17(26)8-5-15/h4-8,10,12,14H,3,9,11,13H2,1-2H3,(H,27,28,29)/t14-/m1/s1. The molecule has 164 valence electrons. The number of H-pyrrole nitrogens is 1. The van der Waals surface area contributed by atoms with Crippen molar-refractivity contribution in [2.75, 3.05) is 7.11 Å². The van der Waals surface area contributed by atoms with Crippen LogP contribution < -0.4 is 15.0 Å². The van der Waals surface area contributed by atoms with Crippen LogP contribution in [0.4, 0.5) is 0 Å². The number of benzene rings is 2. The number of ether oxygens (including phenoxy) is 2. The molecule has 4 aromatic rings. The van der Waals surface area contributed by atoms with Crippen molar-refractivity contribution in [3.05, 3.63) is 73.8 Å². The molecule has 0 saturated carbocycles. The lowest BCUT2D eigenvalue weighted by Gasteiger charge is -2.17. The second-order valence-electron chi connectivity index (χ2n) is 8.23. The van der Waals surface area contributed by atoms with Gasteiger partial charge in [0.05, 0.1) is 12.5 Å². The van der Waals surface area contributed by atoms with E-state index in [0.717, 1.165) is 40.6 Å². The number of thiophene rings is 1. The lowest BCUT2D eigenvalue weighted by Crippen LogP contribution is -2.13. The molecule has 5 rings (SSSR count). The summed E-state index contributed by atoms with van der Waals surface area (Å²) >= 11 is 7.59. The number of nitrogens with one attached hydrogen (secondary N) is 1. The summed E-state index contributed by atoms with van der Waals surface area (Å²) in [4.78, 5) is 22.8. The fraction of sp³-hybridized carbons (Fsp3) is 0.280. The SMILES string of the molecule is COc1cc(-c2nc3sc4c(c3c(=O)[nH]2)CC[C@@H](C)C4)ccc1OCc1ccc(Cl)cc1. The van der Waals surface area contributed by atoms with Gasteiger partial charge in [-0.2, -0.15) is 0 Å². The molecule has 7 heteroatoms. The van der Waals surface area contributed by atoms with Crippen LogP contribution in [0.1, 0.15) is 29.3 Å². The first-order chi connectivity index (χ1) is 15.5. The molecular weight excluding hydrogens is 444 g/mol. The number of aromatic amines is 1. The number of fused-ring (bicyclic) bond motifs is 3. The molecule has 1 aliphatic carbocycles. The smallest absolute Gasteiger partial charge is 0.260 e. The third-order valence-electron chi connectivity index (χ3n) is 5.91. The van der Waals surface area contributed by atoms with E-state index >= 15 is 0 Å². The molecule has 0 spiro atoms. The summed E-state index contributed by atoms with van der Waals surface area (Å²) < 4.78 is 11.5. The number of aromatic nitrogens is 2. The van der Waals surface area contributed by atoms with Crippen LogP contribution in [0.5, 0.6) is 11.5 Å². The van der Waals surface area contributed by atoms with Crippen molar-refractivity contribution in [2.45, 2.75) is 32.8 Å². The van der Waals surface area contributed by atoms with Crippen LogP contribution in [0.25, 0.3) is 21.6 Å². The molecule has 1 N–H and O–H groups in total. The highest BCUT2D eigenvalue weighted by Crippen LogP contribution is 2.37. The maximum atomic E-state index is 12.9. The molecule has 2 heterocycles. The molecule has 2 aromatic carbocycles. The van der Waals surface area contributed by atoms with Crippen molar-refractivity contribution in [1.82, 2.24) is 9.97 Å². The molecule has 0 unspecified atom stereocenters. The molecular formula is C25H23ClN2O3S. The zero-order valence-corrected chi connectivity index (χ0v) is 19.5. The maximum Gasteiger partial charge on any atom is 0.260 e. The first kappa shape index (κ1) is 21.0. The summed E-state index contributed by atoms with van der Waals surface area (Å²) in [7, 11) is 1.60. The van der Waals surface area contributed by atoms with E-state index in [-0.39, 0.29) is 5.56 Å². The summed E-state index contributed by atoms with van der Waals surface area (Å²) in [6.07, 6.45) is 3.10. The summed E-state index contributed by atoms with van der Waals surface area (Å²) in [5, 5.41) is 1.45. The van der Waals surface area contributed by atoms with Gasteiger partial charge in [0.15, 0.2) is 11.5 Å². The number of aryl methyl sites for hydroxylation is 1. The Morgan fingerprint density at radius 3 is 2.78 bits per heavy atom. The molecule has 0 radical (unpaired) electrons. The molecule has 0 amide bonds. The summed E-state index contributed by atoms with van der Waals surface area (Å²) in [6.45, 7) is 2.66. The number of hydrogen-bond acceptors (Lipinski definition) is 5. The zero-order valence-electron chi connectivity index (χ0n) is 17.9. The molecule has 0 aliphatic heterocycles. The van der Waals surface area contributed by atoms with E-state index in [1.54, 1.807) is 18.4 Å². The van der Waals surface area contributed by atoms with Gasteiger partial charge in [-0.1, -0.05) is 30.7 Å². The van der Waals surface area contributed by atoms with Crippen molar-refractivity contribution >= 4 is 33.2 Å². The van der Waals surface area contributed by atoms with Crippen LogP contribution in [0, 0.1) is 5.92 Å². The van der Waals surface area contributed by atoms with Gasteiger partial charge < -0.3 is 14.5 Å². The van der Waals surface area contributed by atoms with Crippen LogP contribution in [0.3, 0.4) is 0 Å². The molecule has 0 bridgehead atoms. The second-order valence-corrected chi connectivity index (χ2v) is 9.75. The van der Waals surface area contributed by atoms with E-state index in [1.807, 2.05) is 42.5 Å². The van der Waals surface area contributed by atoms with E-state index in [9.17, 15) is 4.79 Å². The minimum atomic E-state index is -0.0703. The quantitative estimate of drug-likeness (QED) is 0.390. The normalized spacial score (nSPS) is 15.5. The Hall–Kier alpha value is -2.83. The number of rotatable bonds is 5. The number of halogens is 1. The second kappa shape index (κ2) is 8.60. The average molecular weight is 467 g/mol. The van der Waals surface area contributed by atoms with Gasteiger partial charge in [-0.15, -0.1) is 11.3 Å². The first-order valence-electron chi connectivity index (χ1n) is 10.6. The molecule has 5 nitrogen and oxygen atoms in total. The van der Waals surface area contributed by atoms with E-state index in [2.05, 4.69) is 11.9 Å². The highest BCUT2D eigenvalue weighted by molar-refractivity contribution is 7.18. The Bertz CT molecular complexity index is 1340. The monoisotopic (exact) mass is 466 g/mol. The molecule has 0 saturated heterocycles. The van der Waals surface area contributed by atoms with E-state index in [0.29, 0.717) is 34.9 Å². The third-order valence-corrected chi connectivity index (χ3v) is 7.31. The van der Waals surface area contributed by atoms with Gasteiger partial charge in [0.2, 0.25) is 0 Å². The maximum absolute atomic E-state index is 12.9. The predicted molar refractivity (Wildman–Crippen MR) is 129 cm³/mol. The van der Waals surface area contributed by atoms with Gasteiger partial charge in [0, 0.05) is 15.5 Å². The lowest BCUT2D eigenvalue weighted by atomic mass is 9.89. The average Bonchev–Trinajstić information content (AvgIpc) is 3.16. The highest BCUT2D eigenvalue weighted by atomic mass is 35.5. The Labute approximate surface area is 195 Å². The van der Waals surface area contributed by atoms with E-state index < -0.39 is 0 Å². The van der Waals surface area contributed by atoms with Crippen molar-refractivity contribution in [3.8, 4) is 22.9 Å². The number of hydrogen-bond donors (Lipinski definition) is 1. The van der Waals surface area contributed by atoms with E-state index in [1.165, 1.54) is 10.4 Å². The molecule has 0 fully saturated rings. The number of nitrogens with zero attached hydrogens (tertiary/aromatic N) is 1. The highest BCUT2D eigenvalue weighted by Gasteiger charge is 2.23. The first-order valence-corrected chi connectivity index (χ1v) is 11.8. The van der Waals surface area contributed by atoms with Gasteiger partial charge in [-0.3, -0.25) is 4.79 Å². The fourth-order valence-electron chi connectivity index (χ4n) is 4.16. The Balaban J connectivity index is 1.45. The largest absolute Gasteiger partial charge is 0.493 e. The molecule has 2 aromatic heterocycles. The van der Waals surface area contributed by atoms with Crippen molar-refractivity contribution in [3.63, 3.8) is 0 Å². The topological polar surface area (TPSA) is 64.2 Å². The van der Waals surface area contributed by atoms with Crippen molar-refractivity contribution in [1.29, 1.82) is 0 Å². The van der Waals surface area contributed by atoms with Crippen LogP contribution in [0.15, 0.2) is 47.3 Å². The Kier molecular flexibility index (Phi) is 5.66. The summed E-state index contributed by atoms with van der Waals surface area (Å²) in [6, 6.07) is 13.1. The predicted octanol–water partition coefficient (Wildman–Crippen LogP) is 6.02. The van der Waals surface area contributed by atoms with Crippen LogP contribution >= 0.6 is 22.9 Å². The van der Waals surface area contributed by atoms with Gasteiger partial charge >= 0.3 is 0 Å². The molecule has 1 aliphatic rings. The van der Waals surface area contributed by atoms with E-state index in [4.69, 9.17) is 26.1 Å². The number of methoxy groups -OCH3 is 1. The Morgan fingerprint density at radius 2 is 2.00 bits per heavy atom. The Morgan fingerprint density at radius 1 is 1.19 bits per heavy atom. The van der Waals surface area contributed by atoms with Crippen LogP contribution in [-0.4, -0.2) is 17.1 Å². The minimum Gasteiger partial charge on any atom is -0.493 e. The molecule has 32 heavy (non-hydrogen) atoms. The lowest BCUT2D eigenvalue weighted by molar-refractivity contribution is 0.284. The molecule has 1 atom stereocenters. The van der Waals surface area contributed by atoms with Crippen molar-refractivity contribution in [2.24, 2.45) is 5.92 Å². The third kappa shape index (κ3) is 4.00. The van der Waals surface area contributed by atoms with Gasteiger partial charge in [-0.25, -0.2) is 4.98 Å². The van der Waals surface area contributed by atoms with Crippen molar-refractivity contribution < 1.29 is 9.47 Å². The summed E-state index contributed by atoms with van der Waals surface area (Å²) in [5.41, 5.74) is 2.90. The minimum absolute atomic E-state index is 0.0703. The zero-order chi connectivity index (χ0) is 22.2. The van der Waals surface area contributed by atoms with Crippen LogP contribution in [0.2, 0.25) is 5.02 Å².